The van der Waals surface area contributed by atoms with E-state index in [2.05, 4.69) is 43.8 Å². The van der Waals surface area contributed by atoms with Crippen LogP contribution >= 0.6 is 0 Å². The fraction of sp³-hybridized carbons (Fsp3) is 0.385. The first kappa shape index (κ1) is 24.0. The second-order valence-electron chi connectivity index (χ2n) is 10.4. The molecule has 1 aromatic carbocycles. The van der Waals surface area contributed by atoms with Gasteiger partial charge in [-0.3, -0.25) is 14.8 Å². The Morgan fingerprint density at radius 2 is 1.79 bits per heavy atom. The Hall–Kier alpha value is -3.10. The van der Waals surface area contributed by atoms with Crippen molar-refractivity contribution < 1.29 is 19.1 Å². The second kappa shape index (κ2) is 8.92. The maximum absolute atomic E-state index is 13.3. The number of rotatable bonds is 5. The molecule has 1 unspecified atom stereocenters. The summed E-state index contributed by atoms with van der Waals surface area (Å²) in [7, 11) is -1.90. The molecule has 2 aromatic heterocycles. The van der Waals surface area contributed by atoms with Gasteiger partial charge in [0.25, 0.3) is 5.91 Å². The molecule has 8 heteroatoms. The number of aromatic nitrogens is 2. The summed E-state index contributed by atoms with van der Waals surface area (Å²) in [5.41, 5.74) is 3.04. The number of aromatic carboxylic acids is 1. The van der Waals surface area contributed by atoms with Crippen LogP contribution in [-0.2, 0) is 4.43 Å². The van der Waals surface area contributed by atoms with E-state index in [0.29, 0.717) is 24.2 Å². The fourth-order valence-electron chi connectivity index (χ4n) is 3.97. The zero-order valence-electron chi connectivity index (χ0n) is 20.3. The van der Waals surface area contributed by atoms with Crippen LogP contribution in [0.4, 0.5) is 0 Å². The highest BCUT2D eigenvalue weighted by molar-refractivity contribution is 6.74. The van der Waals surface area contributed by atoms with Crippen molar-refractivity contribution in [3.63, 3.8) is 0 Å². The molecule has 1 aliphatic rings. The summed E-state index contributed by atoms with van der Waals surface area (Å²) in [5.74, 6) is -1.03. The van der Waals surface area contributed by atoms with Crippen LogP contribution in [0.2, 0.25) is 18.1 Å². The number of hydrogen-bond donors (Lipinski definition) is 1. The SMILES string of the molecule is CC(C)(C)[Si](C)(C)OC1CCN(C(=O)c2cnc3cncc(-c4ccc(C(=O)O)cc4)c3c2)C1. The molecular weight excluding hydrogens is 446 g/mol. The molecule has 0 spiro atoms. The lowest BCUT2D eigenvalue weighted by atomic mass is 10.0. The number of benzene rings is 1. The molecule has 1 atom stereocenters. The van der Waals surface area contributed by atoms with Gasteiger partial charge < -0.3 is 14.4 Å². The fourth-order valence-corrected chi connectivity index (χ4v) is 5.35. The van der Waals surface area contributed by atoms with Gasteiger partial charge in [-0.2, -0.15) is 0 Å². The summed E-state index contributed by atoms with van der Waals surface area (Å²) in [4.78, 5) is 35.1. The van der Waals surface area contributed by atoms with Crippen LogP contribution in [0.15, 0.2) is 48.9 Å². The van der Waals surface area contributed by atoms with Gasteiger partial charge in [-0.1, -0.05) is 32.9 Å². The van der Waals surface area contributed by atoms with E-state index in [-0.39, 0.29) is 22.6 Å². The Balaban J connectivity index is 1.58. The van der Waals surface area contributed by atoms with Gasteiger partial charge in [0.2, 0.25) is 0 Å². The number of hydrogen-bond acceptors (Lipinski definition) is 5. The Morgan fingerprint density at radius 1 is 1.09 bits per heavy atom. The maximum atomic E-state index is 13.3. The highest BCUT2D eigenvalue weighted by atomic mass is 28.4. The molecule has 178 valence electrons. The average molecular weight is 478 g/mol. The van der Waals surface area contributed by atoms with Crippen molar-refractivity contribution in [2.75, 3.05) is 13.1 Å². The number of amides is 1. The molecule has 0 bridgehead atoms. The van der Waals surface area contributed by atoms with E-state index < -0.39 is 14.3 Å². The molecule has 7 nitrogen and oxygen atoms in total. The quantitative estimate of drug-likeness (QED) is 0.506. The van der Waals surface area contributed by atoms with Crippen molar-refractivity contribution in [1.82, 2.24) is 14.9 Å². The van der Waals surface area contributed by atoms with Gasteiger partial charge in [0, 0.05) is 36.4 Å². The van der Waals surface area contributed by atoms with E-state index >= 15 is 0 Å². The number of pyridine rings is 2. The standard InChI is InChI=1S/C26H31N3O4Si/c1-26(2,3)34(4,5)33-20-10-11-29(16-20)24(30)19-12-21-22(14-27-15-23(21)28-13-19)17-6-8-18(9-7-17)25(31)32/h6-9,12-15,20H,10-11,16H2,1-5H3,(H,31,32). The number of carboxylic acid groups (broad SMARTS) is 1. The Bertz CT molecular complexity index is 1240. The van der Waals surface area contributed by atoms with Crippen LogP contribution in [0.3, 0.4) is 0 Å². The molecule has 1 amide bonds. The minimum absolute atomic E-state index is 0.0558. The number of carbonyl (C=O) groups excluding carboxylic acids is 1. The molecule has 3 heterocycles. The molecule has 1 saturated heterocycles. The predicted octanol–water partition coefficient (Wildman–Crippen LogP) is 5.23. The monoisotopic (exact) mass is 477 g/mol. The second-order valence-corrected chi connectivity index (χ2v) is 15.2. The molecular formula is C26H31N3O4Si. The normalized spacial score (nSPS) is 16.7. The Morgan fingerprint density at radius 3 is 2.44 bits per heavy atom. The van der Waals surface area contributed by atoms with E-state index in [1.54, 1.807) is 42.9 Å². The highest BCUT2D eigenvalue weighted by Gasteiger charge is 2.41. The van der Waals surface area contributed by atoms with E-state index in [0.717, 1.165) is 22.9 Å². The summed E-state index contributed by atoms with van der Waals surface area (Å²) in [6.07, 6.45) is 5.88. The summed E-state index contributed by atoms with van der Waals surface area (Å²) in [6, 6.07) is 8.47. The number of nitrogens with zero attached hydrogens (tertiary/aromatic N) is 3. The van der Waals surface area contributed by atoms with Gasteiger partial charge in [-0.05, 0) is 48.3 Å². The molecule has 0 radical (unpaired) electrons. The molecule has 4 rings (SSSR count). The lowest BCUT2D eigenvalue weighted by Gasteiger charge is -2.38. The number of likely N-dealkylation sites (tertiary alicyclic amines) is 1. The van der Waals surface area contributed by atoms with Crippen LogP contribution in [0.1, 0.15) is 47.9 Å². The summed E-state index contributed by atoms with van der Waals surface area (Å²) in [6.45, 7) is 12.4. The smallest absolute Gasteiger partial charge is 0.335 e. The average Bonchev–Trinajstić information content (AvgIpc) is 3.25. The van der Waals surface area contributed by atoms with Gasteiger partial charge in [-0.25, -0.2) is 4.79 Å². The molecule has 1 N–H and O–H groups in total. The van der Waals surface area contributed by atoms with E-state index in [1.165, 1.54) is 0 Å². The van der Waals surface area contributed by atoms with Gasteiger partial charge in [0.15, 0.2) is 8.32 Å². The highest BCUT2D eigenvalue weighted by Crippen LogP contribution is 2.38. The van der Waals surface area contributed by atoms with Crippen molar-refractivity contribution >= 4 is 31.1 Å². The minimum Gasteiger partial charge on any atom is -0.478 e. The zero-order chi connectivity index (χ0) is 24.7. The van der Waals surface area contributed by atoms with Gasteiger partial charge in [-0.15, -0.1) is 0 Å². The van der Waals surface area contributed by atoms with Crippen molar-refractivity contribution in [1.29, 1.82) is 0 Å². The lowest BCUT2D eigenvalue weighted by molar-refractivity contribution is 0.0696. The van der Waals surface area contributed by atoms with Gasteiger partial charge >= 0.3 is 5.97 Å². The molecule has 34 heavy (non-hydrogen) atoms. The molecule has 3 aromatic rings. The summed E-state index contributed by atoms with van der Waals surface area (Å²) in [5, 5.41) is 10.1. The molecule has 1 aliphatic heterocycles. The predicted molar refractivity (Wildman–Crippen MR) is 135 cm³/mol. The first-order chi connectivity index (χ1) is 16.0. The van der Waals surface area contributed by atoms with E-state index in [9.17, 15) is 9.59 Å². The Kier molecular flexibility index (Phi) is 6.31. The maximum Gasteiger partial charge on any atom is 0.335 e. The number of carboxylic acids is 1. The van der Waals surface area contributed by atoms with Crippen molar-refractivity contribution in [3.8, 4) is 11.1 Å². The lowest BCUT2D eigenvalue weighted by Crippen LogP contribution is -2.44. The van der Waals surface area contributed by atoms with Crippen molar-refractivity contribution in [2.45, 2.75) is 51.4 Å². The zero-order valence-corrected chi connectivity index (χ0v) is 21.3. The third-order valence-electron chi connectivity index (χ3n) is 7.00. The van der Waals surface area contributed by atoms with E-state index in [4.69, 9.17) is 9.53 Å². The first-order valence-electron chi connectivity index (χ1n) is 11.5. The van der Waals surface area contributed by atoms with Crippen LogP contribution in [0, 0.1) is 0 Å². The van der Waals surface area contributed by atoms with Gasteiger partial charge in [0.1, 0.15) is 0 Å². The molecule has 1 fully saturated rings. The third-order valence-corrected chi connectivity index (χ3v) is 11.5. The number of carbonyl (C=O) groups is 2. The largest absolute Gasteiger partial charge is 0.478 e. The molecule has 0 aliphatic carbocycles. The van der Waals surface area contributed by atoms with Crippen LogP contribution in [0.5, 0.6) is 0 Å². The van der Waals surface area contributed by atoms with Crippen LogP contribution in [-0.4, -0.2) is 59.4 Å². The van der Waals surface area contributed by atoms with Crippen LogP contribution in [0.25, 0.3) is 22.0 Å². The minimum atomic E-state index is -1.90. The third kappa shape index (κ3) is 4.74. The summed E-state index contributed by atoms with van der Waals surface area (Å²) < 4.78 is 6.53. The van der Waals surface area contributed by atoms with Crippen molar-refractivity contribution in [2.24, 2.45) is 0 Å². The van der Waals surface area contributed by atoms with E-state index in [1.807, 2.05) is 11.0 Å². The summed E-state index contributed by atoms with van der Waals surface area (Å²) >= 11 is 0. The van der Waals surface area contributed by atoms with Crippen LogP contribution < -0.4 is 0 Å². The molecule has 0 saturated carbocycles. The Labute approximate surface area is 200 Å². The topological polar surface area (TPSA) is 92.6 Å². The number of fused-ring (bicyclic) bond motifs is 1. The first-order valence-corrected chi connectivity index (χ1v) is 14.4. The van der Waals surface area contributed by atoms with Crippen molar-refractivity contribution in [3.05, 3.63) is 60.0 Å². The van der Waals surface area contributed by atoms with Gasteiger partial charge in [0.05, 0.1) is 28.9 Å².